The maximum Gasteiger partial charge on any atom is 0.249 e. The van der Waals surface area contributed by atoms with E-state index >= 15 is 0 Å². The molecule has 150 valence electrons. The summed E-state index contributed by atoms with van der Waals surface area (Å²) in [4.78, 5) is 22.5. The average molecular weight is 416 g/mol. The van der Waals surface area contributed by atoms with Crippen LogP contribution in [0.25, 0.3) is 21.5 Å². The molecule has 30 heavy (non-hydrogen) atoms. The molecule has 0 spiro atoms. The minimum absolute atomic E-state index is 0.425. The van der Waals surface area contributed by atoms with Gasteiger partial charge in [-0.3, -0.25) is 4.79 Å². The van der Waals surface area contributed by atoms with E-state index in [4.69, 9.17) is 15.7 Å². The van der Waals surface area contributed by atoms with Gasteiger partial charge in [0, 0.05) is 34.8 Å². The molecule has 4 aromatic rings. The van der Waals surface area contributed by atoms with Crippen LogP contribution in [0.5, 0.6) is 0 Å². The van der Waals surface area contributed by atoms with E-state index in [0.717, 1.165) is 52.2 Å². The molecule has 5 rings (SSSR count). The molecule has 1 amide bonds. The number of hydrogen-bond acceptors (Lipinski definition) is 6. The molecule has 7 heteroatoms. The van der Waals surface area contributed by atoms with Gasteiger partial charge < -0.3 is 16.4 Å². The van der Waals surface area contributed by atoms with E-state index in [1.807, 2.05) is 35.7 Å². The highest BCUT2D eigenvalue weighted by Crippen LogP contribution is 2.37. The van der Waals surface area contributed by atoms with E-state index in [1.165, 1.54) is 5.56 Å². The van der Waals surface area contributed by atoms with Crippen LogP contribution in [0.1, 0.15) is 28.0 Å². The van der Waals surface area contributed by atoms with Crippen LogP contribution in [0.15, 0.2) is 53.9 Å². The third kappa shape index (κ3) is 3.37. The maximum atomic E-state index is 11.8. The van der Waals surface area contributed by atoms with Crippen molar-refractivity contribution in [1.29, 1.82) is 0 Å². The Bertz CT molecular complexity index is 1240. The number of amides is 1. The monoisotopic (exact) mass is 415 g/mol. The molecule has 2 aromatic carbocycles. The fourth-order valence-corrected chi connectivity index (χ4v) is 4.81. The van der Waals surface area contributed by atoms with Gasteiger partial charge in [0.2, 0.25) is 5.91 Å². The second kappa shape index (κ2) is 7.76. The van der Waals surface area contributed by atoms with Gasteiger partial charge in [-0.05, 0) is 24.5 Å². The highest BCUT2D eigenvalue weighted by molar-refractivity contribution is 7.15. The number of carbonyl (C=O) groups excluding carboxylic acids is 1. The molecule has 4 N–H and O–H groups in total. The van der Waals surface area contributed by atoms with Gasteiger partial charge in [0.15, 0.2) is 11.6 Å². The van der Waals surface area contributed by atoms with Crippen molar-refractivity contribution in [2.45, 2.75) is 19.4 Å². The van der Waals surface area contributed by atoms with Crippen molar-refractivity contribution in [2.24, 2.45) is 5.73 Å². The van der Waals surface area contributed by atoms with Crippen molar-refractivity contribution in [3.63, 3.8) is 0 Å². The van der Waals surface area contributed by atoms with E-state index in [1.54, 1.807) is 17.4 Å². The van der Waals surface area contributed by atoms with Crippen LogP contribution in [-0.4, -0.2) is 22.4 Å². The fraction of sp³-hybridized carbons (Fsp3) is 0.174. The van der Waals surface area contributed by atoms with Gasteiger partial charge in [-0.25, -0.2) is 9.97 Å². The topological polar surface area (TPSA) is 92.9 Å². The van der Waals surface area contributed by atoms with Crippen molar-refractivity contribution < 1.29 is 4.79 Å². The summed E-state index contributed by atoms with van der Waals surface area (Å²) in [5, 5.41) is 10.7. The minimum atomic E-state index is -0.425. The quantitative estimate of drug-likeness (QED) is 0.448. The minimum Gasteiger partial charge on any atom is -0.381 e. The third-order valence-corrected chi connectivity index (χ3v) is 6.28. The number of fused-ring (bicyclic) bond motifs is 2. The molecule has 6 nitrogen and oxygen atoms in total. The largest absolute Gasteiger partial charge is 0.381 e. The van der Waals surface area contributed by atoms with Crippen LogP contribution in [0, 0.1) is 0 Å². The van der Waals surface area contributed by atoms with Gasteiger partial charge in [-0.2, -0.15) is 0 Å². The van der Waals surface area contributed by atoms with E-state index < -0.39 is 5.91 Å². The summed E-state index contributed by atoms with van der Waals surface area (Å²) in [6.45, 7) is 1.60. The zero-order chi connectivity index (χ0) is 20.5. The highest BCUT2D eigenvalue weighted by atomic mass is 32.1. The Labute approximate surface area is 178 Å². The van der Waals surface area contributed by atoms with Crippen LogP contribution in [-0.2, 0) is 13.0 Å². The van der Waals surface area contributed by atoms with Crippen molar-refractivity contribution in [1.82, 2.24) is 9.97 Å². The average Bonchev–Trinajstić information content (AvgIpc) is 3.22. The Morgan fingerprint density at radius 1 is 1.10 bits per heavy atom. The number of aryl methyl sites for hydroxylation is 1. The molecule has 0 aliphatic carbocycles. The molecule has 2 aromatic heterocycles. The lowest BCUT2D eigenvalue weighted by Crippen LogP contribution is -2.17. The molecule has 3 heterocycles. The molecule has 1 aliphatic heterocycles. The molecular formula is C23H21N5OS. The number of aromatic nitrogens is 2. The first-order chi connectivity index (χ1) is 14.7. The molecule has 0 bridgehead atoms. The van der Waals surface area contributed by atoms with Crippen LogP contribution in [0.2, 0.25) is 0 Å². The second-order valence-electron chi connectivity index (χ2n) is 7.28. The Morgan fingerprint density at radius 3 is 2.80 bits per heavy atom. The number of primary amides is 1. The number of thiophene rings is 1. The highest BCUT2D eigenvalue weighted by Gasteiger charge is 2.21. The smallest absolute Gasteiger partial charge is 0.249 e. The molecule has 0 unspecified atom stereocenters. The fourth-order valence-electron chi connectivity index (χ4n) is 3.81. The Kier molecular flexibility index (Phi) is 4.80. The standard InChI is InChI=1S/C23H21N5OS/c24-21(29)16-9-4-8-15-17(16)13-30-20(15)23-27-18-10-5-11-25-19(18)22(28-23)26-12-14-6-2-1-3-7-14/h1-4,6-9,13,25H,5,10-12H2,(H2,24,29)(H,26,27,28). The number of carbonyl (C=O) groups is 1. The van der Waals surface area contributed by atoms with E-state index in [-0.39, 0.29) is 0 Å². The number of hydrogen-bond donors (Lipinski definition) is 3. The molecule has 0 saturated carbocycles. The van der Waals surface area contributed by atoms with E-state index in [0.29, 0.717) is 17.9 Å². The first-order valence-electron chi connectivity index (χ1n) is 9.93. The Hall–Kier alpha value is -3.45. The van der Waals surface area contributed by atoms with Gasteiger partial charge in [0.1, 0.15) is 0 Å². The number of nitrogens with zero attached hydrogens (tertiary/aromatic N) is 2. The van der Waals surface area contributed by atoms with Crippen LogP contribution >= 0.6 is 11.3 Å². The lowest BCUT2D eigenvalue weighted by molar-refractivity contribution is 0.100. The van der Waals surface area contributed by atoms with Crippen molar-refractivity contribution in [2.75, 3.05) is 17.2 Å². The predicted octanol–water partition coefficient (Wildman–Crippen LogP) is 4.43. The molecule has 0 fully saturated rings. The first kappa shape index (κ1) is 18.6. The van der Waals surface area contributed by atoms with Gasteiger partial charge in [0.05, 0.1) is 16.3 Å². The number of rotatable bonds is 5. The van der Waals surface area contributed by atoms with Crippen LogP contribution in [0.4, 0.5) is 11.5 Å². The third-order valence-electron chi connectivity index (χ3n) is 5.29. The summed E-state index contributed by atoms with van der Waals surface area (Å²) in [5.41, 5.74) is 9.28. The zero-order valence-electron chi connectivity index (χ0n) is 16.3. The number of nitrogens with one attached hydrogen (secondary N) is 2. The lowest BCUT2D eigenvalue weighted by Gasteiger charge is -2.21. The van der Waals surface area contributed by atoms with Crippen molar-refractivity contribution >= 4 is 39.5 Å². The zero-order valence-corrected chi connectivity index (χ0v) is 17.1. The predicted molar refractivity (Wildman–Crippen MR) is 122 cm³/mol. The van der Waals surface area contributed by atoms with Crippen LogP contribution < -0.4 is 16.4 Å². The molecule has 0 radical (unpaired) electrons. The lowest BCUT2D eigenvalue weighted by atomic mass is 10.1. The summed E-state index contributed by atoms with van der Waals surface area (Å²) in [7, 11) is 0. The summed E-state index contributed by atoms with van der Waals surface area (Å²) < 4.78 is 0. The van der Waals surface area contributed by atoms with Gasteiger partial charge >= 0.3 is 0 Å². The van der Waals surface area contributed by atoms with Gasteiger partial charge in [0.25, 0.3) is 0 Å². The summed E-state index contributed by atoms with van der Waals surface area (Å²) in [6.07, 6.45) is 1.95. The van der Waals surface area contributed by atoms with Crippen molar-refractivity contribution in [3.05, 3.63) is 70.7 Å². The SMILES string of the molecule is NC(=O)c1cccc2c(-c3nc4c(c(NCc5ccccc5)n3)NCCC4)scc12. The van der Waals surface area contributed by atoms with E-state index in [9.17, 15) is 4.79 Å². The summed E-state index contributed by atoms with van der Waals surface area (Å²) in [6, 6.07) is 15.9. The Morgan fingerprint density at radius 2 is 1.97 bits per heavy atom. The van der Waals surface area contributed by atoms with E-state index in [2.05, 4.69) is 22.8 Å². The second-order valence-corrected chi connectivity index (χ2v) is 8.16. The normalized spacial score (nSPS) is 12.9. The van der Waals surface area contributed by atoms with Crippen molar-refractivity contribution in [3.8, 4) is 10.7 Å². The van der Waals surface area contributed by atoms with Gasteiger partial charge in [-0.1, -0.05) is 42.5 Å². The van der Waals surface area contributed by atoms with Gasteiger partial charge in [-0.15, -0.1) is 11.3 Å². The molecule has 0 saturated heterocycles. The Balaban J connectivity index is 1.58. The number of anilines is 2. The summed E-state index contributed by atoms with van der Waals surface area (Å²) >= 11 is 1.54. The maximum absolute atomic E-state index is 11.8. The first-order valence-corrected chi connectivity index (χ1v) is 10.8. The summed E-state index contributed by atoms with van der Waals surface area (Å²) in [5.74, 6) is 1.06. The number of benzene rings is 2. The molecule has 1 aliphatic rings. The number of nitrogens with two attached hydrogens (primary N) is 1. The molecule has 0 atom stereocenters. The van der Waals surface area contributed by atoms with Crippen LogP contribution in [0.3, 0.4) is 0 Å². The molecular weight excluding hydrogens is 394 g/mol.